The van der Waals surface area contributed by atoms with Crippen molar-refractivity contribution in [2.24, 2.45) is 0 Å². The largest absolute Gasteiger partial charge is 0.394 e. The molecule has 0 aromatic carbocycles. The first-order valence-electron chi connectivity index (χ1n) is 10.5. The van der Waals surface area contributed by atoms with Gasteiger partial charge in [0.2, 0.25) is 0 Å². The molecule has 0 amide bonds. The Morgan fingerprint density at radius 3 is 1.61 bits per heavy atom. The molecule has 3 heterocycles. The summed E-state index contributed by atoms with van der Waals surface area (Å²) >= 11 is 0. The van der Waals surface area contributed by atoms with Gasteiger partial charge in [-0.05, 0) is 0 Å². The van der Waals surface area contributed by atoms with Crippen molar-refractivity contribution in [1.82, 2.24) is 0 Å². The van der Waals surface area contributed by atoms with Crippen LogP contribution in [-0.2, 0) is 23.7 Å². The molecule has 0 saturated carbocycles. The molecule has 3 aliphatic rings. The van der Waals surface area contributed by atoms with Crippen LogP contribution in [0, 0.1) is 0 Å². The molecule has 33 heavy (non-hydrogen) atoms. The number of rotatable bonds is 7. The van der Waals surface area contributed by atoms with E-state index in [0.717, 1.165) is 0 Å². The van der Waals surface area contributed by atoms with Crippen molar-refractivity contribution in [2.45, 2.75) is 92.4 Å². The molecule has 194 valence electrons. The Labute approximate surface area is 187 Å². The van der Waals surface area contributed by atoms with Crippen LogP contribution in [0.5, 0.6) is 0 Å². The van der Waals surface area contributed by atoms with Crippen LogP contribution in [0.15, 0.2) is 0 Å². The Morgan fingerprint density at radius 2 is 1.03 bits per heavy atom. The molecule has 0 bridgehead atoms. The molecule has 3 saturated heterocycles. The molecule has 0 spiro atoms. The summed E-state index contributed by atoms with van der Waals surface area (Å²) in [5, 5.41) is 99.2. The Hall–Kier alpha value is -0.600. The first kappa shape index (κ1) is 27.0. The minimum Gasteiger partial charge on any atom is -0.394 e. The van der Waals surface area contributed by atoms with Gasteiger partial charge in [0.05, 0.1) is 25.9 Å². The fourth-order valence-corrected chi connectivity index (χ4v) is 4.07. The highest BCUT2D eigenvalue weighted by molar-refractivity contribution is 4.95. The molecule has 1 unspecified atom stereocenters. The normalized spacial score (nSPS) is 51.5. The summed E-state index contributed by atoms with van der Waals surface area (Å²) in [5.74, 6) is 0. The maximum atomic E-state index is 10.6. The maximum Gasteiger partial charge on any atom is 0.187 e. The third kappa shape index (κ3) is 5.64. The highest BCUT2D eigenvalue weighted by Gasteiger charge is 2.52. The molecule has 0 aromatic heterocycles. The predicted octanol–water partition coefficient (Wildman–Crippen LogP) is -6.54. The summed E-state index contributed by atoms with van der Waals surface area (Å²) < 4.78 is 26.7. The van der Waals surface area contributed by atoms with Crippen molar-refractivity contribution < 1.29 is 74.7 Å². The Kier molecular flexibility index (Phi) is 9.35. The van der Waals surface area contributed by atoms with Gasteiger partial charge >= 0.3 is 0 Å². The number of aliphatic hydroxyl groups is 10. The lowest BCUT2D eigenvalue weighted by Gasteiger charge is -2.47. The number of aliphatic hydroxyl groups excluding tert-OH is 10. The van der Waals surface area contributed by atoms with Crippen molar-refractivity contribution in [3.63, 3.8) is 0 Å². The van der Waals surface area contributed by atoms with Gasteiger partial charge in [-0.1, -0.05) is 0 Å². The van der Waals surface area contributed by atoms with Gasteiger partial charge in [0.25, 0.3) is 0 Å². The van der Waals surface area contributed by atoms with E-state index in [1.165, 1.54) is 0 Å². The number of hydrogen-bond acceptors (Lipinski definition) is 15. The van der Waals surface area contributed by atoms with E-state index in [1.54, 1.807) is 0 Å². The lowest BCUT2D eigenvalue weighted by Crippen LogP contribution is -2.65. The zero-order chi connectivity index (χ0) is 24.4. The van der Waals surface area contributed by atoms with E-state index in [9.17, 15) is 51.1 Å². The number of ether oxygens (including phenoxy) is 5. The highest BCUT2D eigenvalue weighted by atomic mass is 16.7. The second-order valence-electron chi connectivity index (χ2n) is 8.22. The zero-order valence-electron chi connectivity index (χ0n) is 17.4. The average molecular weight is 488 g/mol. The second kappa shape index (κ2) is 11.4. The van der Waals surface area contributed by atoms with Crippen LogP contribution in [0.3, 0.4) is 0 Å². The van der Waals surface area contributed by atoms with Crippen molar-refractivity contribution in [3.05, 3.63) is 0 Å². The SMILES string of the molecule is OC[C@H]1O[C@@H](O[C@H]2[C@H](O)[C@@H](O)[C@H](O[C@H]3[C@@H](O)CC(O)O[C@@H]3CO)O[C@@H]2CO)[C@H](O)[C@@H](O)[C@@H]1O. The quantitative estimate of drug-likeness (QED) is 0.160. The van der Waals surface area contributed by atoms with Crippen molar-refractivity contribution in [3.8, 4) is 0 Å². The Morgan fingerprint density at radius 1 is 0.545 bits per heavy atom. The van der Waals surface area contributed by atoms with Gasteiger partial charge in [0, 0.05) is 6.42 Å². The van der Waals surface area contributed by atoms with E-state index < -0.39 is 106 Å². The van der Waals surface area contributed by atoms with E-state index in [4.69, 9.17) is 23.7 Å². The van der Waals surface area contributed by atoms with E-state index in [0.29, 0.717) is 0 Å². The lowest BCUT2D eigenvalue weighted by molar-refractivity contribution is -0.372. The molecule has 15 heteroatoms. The third-order valence-corrected chi connectivity index (χ3v) is 5.95. The molecule has 14 atom stereocenters. The van der Waals surface area contributed by atoms with Crippen LogP contribution in [0.4, 0.5) is 0 Å². The third-order valence-electron chi connectivity index (χ3n) is 5.95. The van der Waals surface area contributed by atoms with Crippen LogP contribution < -0.4 is 0 Å². The van der Waals surface area contributed by atoms with E-state index in [-0.39, 0.29) is 6.42 Å². The summed E-state index contributed by atoms with van der Waals surface area (Å²) in [4.78, 5) is 0. The van der Waals surface area contributed by atoms with Crippen molar-refractivity contribution in [1.29, 1.82) is 0 Å². The molecule has 0 radical (unpaired) electrons. The average Bonchev–Trinajstić information content (AvgIpc) is 2.79. The fraction of sp³-hybridized carbons (Fsp3) is 1.00. The van der Waals surface area contributed by atoms with Crippen molar-refractivity contribution in [2.75, 3.05) is 19.8 Å². The summed E-state index contributed by atoms with van der Waals surface area (Å²) in [6.07, 6.45) is -21.6. The smallest absolute Gasteiger partial charge is 0.187 e. The molecule has 3 fully saturated rings. The molecule has 3 rings (SSSR count). The van der Waals surface area contributed by atoms with Crippen LogP contribution >= 0.6 is 0 Å². The van der Waals surface area contributed by atoms with Crippen molar-refractivity contribution >= 4 is 0 Å². The fourth-order valence-electron chi connectivity index (χ4n) is 4.07. The van der Waals surface area contributed by atoms with Gasteiger partial charge in [0.1, 0.15) is 61.0 Å². The van der Waals surface area contributed by atoms with E-state index >= 15 is 0 Å². The summed E-state index contributed by atoms with van der Waals surface area (Å²) in [6.45, 7) is -2.13. The molecule has 10 N–H and O–H groups in total. The molecule has 0 aromatic rings. The second-order valence-corrected chi connectivity index (χ2v) is 8.22. The molecule has 3 aliphatic heterocycles. The highest BCUT2D eigenvalue weighted by Crippen LogP contribution is 2.31. The minimum absolute atomic E-state index is 0.251. The topological polar surface area (TPSA) is 248 Å². The maximum absolute atomic E-state index is 10.6. The Bertz CT molecular complexity index is 607. The zero-order valence-corrected chi connectivity index (χ0v) is 17.4. The molecular formula is C18H32O15. The van der Waals surface area contributed by atoms with E-state index in [1.807, 2.05) is 0 Å². The van der Waals surface area contributed by atoms with Crippen LogP contribution in [0.2, 0.25) is 0 Å². The minimum atomic E-state index is -1.82. The first-order chi connectivity index (χ1) is 15.6. The molecule has 0 aliphatic carbocycles. The number of hydrogen-bond donors (Lipinski definition) is 10. The van der Waals surface area contributed by atoms with Crippen LogP contribution in [-0.4, -0.2) is 157 Å². The first-order valence-corrected chi connectivity index (χ1v) is 10.5. The summed E-state index contributed by atoms with van der Waals surface area (Å²) in [5.41, 5.74) is 0. The van der Waals surface area contributed by atoms with Gasteiger partial charge in [-0.25, -0.2) is 0 Å². The van der Waals surface area contributed by atoms with Gasteiger partial charge in [-0.3, -0.25) is 0 Å². The van der Waals surface area contributed by atoms with Gasteiger partial charge < -0.3 is 74.7 Å². The standard InChI is InChI=1S/C18H32O15/c19-2-6-10(24)11(25)13(27)17(30-6)33-16-8(4-21)31-18(14(28)12(16)26)32-15-5(22)1-9(23)29-7(15)3-20/h5-28H,1-4H2/t5-,6+,7+,8+,9?,10+,11-,12+,13+,14+,15-,16+,17-,18-/m0/s1. The molecular weight excluding hydrogens is 456 g/mol. The summed E-state index contributed by atoms with van der Waals surface area (Å²) in [6, 6.07) is 0. The van der Waals surface area contributed by atoms with Gasteiger partial charge in [-0.2, -0.15) is 0 Å². The lowest BCUT2D eigenvalue weighted by atomic mass is 9.96. The van der Waals surface area contributed by atoms with Crippen LogP contribution in [0.25, 0.3) is 0 Å². The molecule has 15 nitrogen and oxygen atoms in total. The van der Waals surface area contributed by atoms with E-state index in [2.05, 4.69) is 0 Å². The van der Waals surface area contributed by atoms with Gasteiger partial charge in [-0.15, -0.1) is 0 Å². The predicted molar refractivity (Wildman–Crippen MR) is 99.9 cm³/mol. The van der Waals surface area contributed by atoms with Crippen LogP contribution in [0.1, 0.15) is 6.42 Å². The van der Waals surface area contributed by atoms with Gasteiger partial charge in [0.15, 0.2) is 18.9 Å². The summed E-state index contributed by atoms with van der Waals surface area (Å²) in [7, 11) is 0. The Balaban J connectivity index is 1.70. The monoisotopic (exact) mass is 488 g/mol.